The Balaban J connectivity index is 1.57. The SMILES string of the molecule is O=C1C(Sc2ccccc2)=C(c2cccs2)C(=O)N1CCN1CCOCC1. The van der Waals surface area contributed by atoms with Crippen LogP contribution in [-0.2, 0) is 14.3 Å². The average molecular weight is 401 g/mol. The fourth-order valence-corrected chi connectivity index (χ4v) is 5.02. The lowest BCUT2D eigenvalue weighted by atomic mass is 10.2. The maximum absolute atomic E-state index is 13.1. The van der Waals surface area contributed by atoms with Crippen LogP contribution in [0.3, 0.4) is 0 Å². The number of carbonyl (C=O) groups excluding carboxylic acids is 2. The lowest BCUT2D eigenvalue weighted by Gasteiger charge is -2.28. The number of benzene rings is 1. The number of imide groups is 1. The van der Waals surface area contributed by atoms with Gasteiger partial charge in [0.25, 0.3) is 11.8 Å². The van der Waals surface area contributed by atoms with Crippen molar-refractivity contribution in [2.45, 2.75) is 4.90 Å². The highest BCUT2D eigenvalue weighted by molar-refractivity contribution is 8.04. The molecule has 2 amide bonds. The molecule has 0 aliphatic carbocycles. The monoisotopic (exact) mass is 400 g/mol. The summed E-state index contributed by atoms with van der Waals surface area (Å²) in [5.74, 6) is -0.375. The van der Waals surface area contributed by atoms with Crippen LogP contribution >= 0.6 is 23.1 Å². The number of nitrogens with zero attached hydrogens (tertiary/aromatic N) is 2. The quantitative estimate of drug-likeness (QED) is 0.698. The molecular weight excluding hydrogens is 380 g/mol. The highest BCUT2D eigenvalue weighted by Gasteiger charge is 2.39. The Bertz CT molecular complexity index is 843. The highest BCUT2D eigenvalue weighted by atomic mass is 32.2. The van der Waals surface area contributed by atoms with Gasteiger partial charge < -0.3 is 4.74 Å². The molecule has 27 heavy (non-hydrogen) atoms. The summed E-state index contributed by atoms with van der Waals surface area (Å²) in [6.45, 7) is 4.18. The second-order valence-electron chi connectivity index (χ2n) is 6.31. The third kappa shape index (κ3) is 4.01. The van der Waals surface area contributed by atoms with Gasteiger partial charge in [0.2, 0.25) is 0 Å². The van der Waals surface area contributed by atoms with Crippen LogP contribution in [0.15, 0.2) is 57.6 Å². The molecule has 0 atom stereocenters. The van der Waals surface area contributed by atoms with Crippen LogP contribution in [0.2, 0.25) is 0 Å². The number of hydrogen-bond acceptors (Lipinski definition) is 6. The van der Waals surface area contributed by atoms with Gasteiger partial charge >= 0.3 is 0 Å². The van der Waals surface area contributed by atoms with Gasteiger partial charge in [0.05, 0.1) is 23.7 Å². The first-order valence-corrected chi connectivity index (χ1v) is 10.6. The van der Waals surface area contributed by atoms with Gasteiger partial charge in [-0.05, 0) is 23.6 Å². The Kier molecular flexibility index (Phi) is 5.73. The van der Waals surface area contributed by atoms with Crippen LogP contribution in [0.5, 0.6) is 0 Å². The van der Waals surface area contributed by atoms with Gasteiger partial charge in [-0.25, -0.2) is 0 Å². The standard InChI is InChI=1S/C20H20N2O3S2/c23-19-17(16-7-4-14-26-16)18(27-15-5-2-1-3-6-15)20(24)22(19)9-8-21-10-12-25-13-11-21/h1-7,14H,8-13H2. The Labute approximate surface area is 166 Å². The minimum Gasteiger partial charge on any atom is -0.379 e. The number of hydrogen-bond donors (Lipinski definition) is 0. The smallest absolute Gasteiger partial charge is 0.268 e. The van der Waals surface area contributed by atoms with Gasteiger partial charge in [0.1, 0.15) is 0 Å². The molecule has 3 heterocycles. The third-order valence-corrected chi connectivity index (χ3v) is 6.58. The summed E-state index contributed by atoms with van der Waals surface area (Å²) in [5, 5.41) is 1.93. The molecule has 2 aliphatic rings. The van der Waals surface area contributed by atoms with Gasteiger partial charge in [-0.15, -0.1) is 11.3 Å². The minimum absolute atomic E-state index is 0.186. The first-order chi connectivity index (χ1) is 13.2. The third-order valence-electron chi connectivity index (χ3n) is 4.60. The average Bonchev–Trinajstić information content (AvgIpc) is 3.30. The molecule has 0 saturated carbocycles. The maximum atomic E-state index is 13.1. The van der Waals surface area contributed by atoms with E-state index in [1.807, 2.05) is 47.8 Å². The molecule has 140 valence electrons. The van der Waals surface area contributed by atoms with Gasteiger partial charge in [0, 0.05) is 36.0 Å². The van der Waals surface area contributed by atoms with Crippen LogP contribution in [0, 0.1) is 0 Å². The Morgan fingerprint density at radius 1 is 0.963 bits per heavy atom. The van der Waals surface area contributed by atoms with Crippen LogP contribution in [-0.4, -0.2) is 61.0 Å². The summed E-state index contributed by atoms with van der Waals surface area (Å²) < 4.78 is 5.36. The van der Waals surface area contributed by atoms with E-state index in [-0.39, 0.29) is 11.8 Å². The van der Waals surface area contributed by atoms with Crippen LogP contribution in [0.1, 0.15) is 4.88 Å². The molecule has 0 N–H and O–H groups in total. The number of thioether (sulfide) groups is 1. The largest absolute Gasteiger partial charge is 0.379 e. The molecule has 1 aromatic heterocycles. The number of morpholine rings is 1. The molecule has 1 aromatic carbocycles. The number of thiophene rings is 1. The van der Waals surface area contributed by atoms with E-state index in [0.29, 0.717) is 36.8 Å². The van der Waals surface area contributed by atoms with E-state index in [9.17, 15) is 9.59 Å². The van der Waals surface area contributed by atoms with Crippen molar-refractivity contribution in [2.75, 3.05) is 39.4 Å². The highest BCUT2D eigenvalue weighted by Crippen LogP contribution is 2.40. The summed E-state index contributed by atoms with van der Waals surface area (Å²) in [5.41, 5.74) is 0.533. The van der Waals surface area contributed by atoms with Gasteiger partial charge in [0.15, 0.2) is 0 Å². The predicted molar refractivity (Wildman–Crippen MR) is 108 cm³/mol. The van der Waals surface area contributed by atoms with Crippen molar-refractivity contribution in [1.29, 1.82) is 0 Å². The van der Waals surface area contributed by atoms with E-state index in [1.54, 1.807) is 0 Å². The first kappa shape index (κ1) is 18.4. The summed E-state index contributed by atoms with van der Waals surface area (Å²) in [4.78, 5) is 32.1. The first-order valence-electron chi connectivity index (χ1n) is 8.91. The molecule has 0 spiro atoms. The van der Waals surface area contributed by atoms with E-state index in [2.05, 4.69) is 4.90 Å². The number of amides is 2. The van der Waals surface area contributed by atoms with E-state index < -0.39 is 0 Å². The zero-order chi connectivity index (χ0) is 18.6. The van der Waals surface area contributed by atoms with Gasteiger partial charge in [-0.3, -0.25) is 19.4 Å². The van der Waals surface area contributed by atoms with Crippen molar-refractivity contribution in [3.8, 4) is 0 Å². The molecule has 1 fully saturated rings. The van der Waals surface area contributed by atoms with Crippen LogP contribution < -0.4 is 0 Å². The van der Waals surface area contributed by atoms with Crippen molar-refractivity contribution in [3.63, 3.8) is 0 Å². The minimum atomic E-state index is -0.189. The molecular formula is C20H20N2O3S2. The summed E-state index contributed by atoms with van der Waals surface area (Å²) in [7, 11) is 0. The molecule has 2 aromatic rings. The summed E-state index contributed by atoms with van der Waals surface area (Å²) >= 11 is 2.87. The summed E-state index contributed by atoms with van der Waals surface area (Å²) in [6, 6.07) is 13.5. The van der Waals surface area contributed by atoms with Crippen molar-refractivity contribution in [2.24, 2.45) is 0 Å². The molecule has 4 rings (SSSR count). The lowest BCUT2D eigenvalue weighted by Crippen LogP contribution is -2.43. The normalized spacial score (nSPS) is 18.6. The lowest BCUT2D eigenvalue weighted by molar-refractivity contribution is -0.136. The number of ether oxygens (including phenoxy) is 1. The van der Waals surface area contributed by atoms with Gasteiger partial charge in [-0.1, -0.05) is 36.0 Å². The maximum Gasteiger partial charge on any atom is 0.268 e. The molecule has 0 unspecified atom stereocenters. The van der Waals surface area contributed by atoms with E-state index in [4.69, 9.17) is 4.74 Å². The Morgan fingerprint density at radius 2 is 1.74 bits per heavy atom. The second kappa shape index (κ2) is 8.39. The van der Waals surface area contributed by atoms with Crippen molar-refractivity contribution < 1.29 is 14.3 Å². The van der Waals surface area contributed by atoms with Crippen LogP contribution in [0.25, 0.3) is 5.57 Å². The zero-order valence-corrected chi connectivity index (χ0v) is 16.4. The van der Waals surface area contributed by atoms with Crippen molar-refractivity contribution in [1.82, 2.24) is 9.80 Å². The topological polar surface area (TPSA) is 49.9 Å². The Hall–Kier alpha value is -1.93. The van der Waals surface area contributed by atoms with E-state index in [1.165, 1.54) is 28.0 Å². The summed E-state index contributed by atoms with van der Waals surface area (Å²) in [6.07, 6.45) is 0. The second-order valence-corrected chi connectivity index (χ2v) is 8.34. The fourth-order valence-electron chi connectivity index (χ4n) is 3.16. The molecule has 1 saturated heterocycles. The fraction of sp³-hybridized carbons (Fsp3) is 0.300. The molecule has 5 nitrogen and oxygen atoms in total. The zero-order valence-electron chi connectivity index (χ0n) is 14.8. The van der Waals surface area contributed by atoms with Crippen molar-refractivity contribution in [3.05, 3.63) is 57.6 Å². The number of carbonyl (C=O) groups is 2. The molecule has 0 bridgehead atoms. The van der Waals surface area contributed by atoms with Crippen molar-refractivity contribution >= 4 is 40.5 Å². The molecule has 7 heteroatoms. The predicted octanol–water partition coefficient (Wildman–Crippen LogP) is 2.95. The number of rotatable bonds is 6. The molecule has 2 aliphatic heterocycles. The Morgan fingerprint density at radius 3 is 2.44 bits per heavy atom. The van der Waals surface area contributed by atoms with E-state index in [0.717, 1.165) is 22.9 Å². The van der Waals surface area contributed by atoms with Crippen LogP contribution in [0.4, 0.5) is 0 Å². The van der Waals surface area contributed by atoms with E-state index >= 15 is 0 Å². The van der Waals surface area contributed by atoms with Gasteiger partial charge in [-0.2, -0.15) is 0 Å². The molecule has 0 radical (unpaired) electrons.